The molecule has 0 amide bonds. The molecule has 0 heterocycles. The lowest BCUT2D eigenvalue weighted by Gasteiger charge is -2.06. The maximum Gasteiger partial charge on any atom is 0.288 e. The van der Waals surface area contributed by atoms with Crippen LogP contribution in [-0.4, -0.2) is 14.4 Å². The molecule has 0 unspecified atom stereocenters. The molecule has 6 N–H and O–H groups in total. The minimum Gasteiger partial charge on any atom is -0.398 e. The van der Waals surface area contributed by atoms with Crippen LogP contribution in [-0.2, 0) is 10.0 Å². The van der Waals surface area contributed by atoms with E-state index in [0.29, 0.717) is 4.47 Å². The summed E-state index contributed by atoms with van der Waals surface area (Å²) in [6.07, 6.45) is 0. The van der Waals surface area contributed by atoms with Gasteiger partial charge in [0, 0.05) is 8.95 Å². The van der Waals surface area contributed by atoms with Gasteiger partial charge < -0.3 is 17.2 Å². The van der Waals surface area contributed by atoms with E-state index in [1.807, 2.05) is 0 Å². The number of nitrogens with zero attached hydrogens (tertiary/aromatic N) is 1. The van der Waals surface area contributed by atoms with Crippen molar-refractivity contribution in [1.82, 2.24) is 0 Å². The van der Waals surface area contributed by atoms with Crippen LogP contribution in [0.15, 0.2) is 30.4 Å². The van der Waals surface area contributed by atoms with Gasteiger partial charge in [-0.15, -0.1) is 4.40 Å². The third kappa shape index (κ3) is 2.86. The minimum atomic E-state index is -3.99. The standard InChI is InChI=1S/C7H8Br2N4O2S/c8-3-1-4(9)6(5(10)2-3)16(14,15)13-7(11)12/h1-2H,10H2,(H4,11,12,13). The molecule has 0 spiro atoms. The summed E-state index contributed by atoms with van der Waals surface area (Å²) in [7, 11) is -3.99. The Bertz CT molecular complexity index is 529. The van der Waals surface area contributed by atoms with Gasteiger partial charge in [-0.3, -0.25) is 0 Å². The van der Waals surface area contributed by atoms with Crippen LogP contribution >= 0.6 is 31.9 Å². The molecule has 88 valence electrons. The SMILES string of the molecule is NC(N)=NS(=O)(=O)c1c(N)cc(Br)cc1Br. The zero-order valence-electron chi connectivity index (χ0n) is 7.81. The summed E-state index contributed by atoms with van der Waals surface area (Å²) in [5.41, 5.74) is 15.7. The van der Waals surface area contributed by atoms with Crippen molar-refractivity contribution in [3.63, 3.8) is 0 Å². The highest BCUT2D eigenvalue weighted by Gasteiger charge is 2.21. The van der Waals surface area contributed by atoms with Gasteiger partial charge in [0.25, 0.3) is 10.0 Å². The minimum absolute atomic E-state index is 0.0475. The average molecular weight is 372 g/mol. The van der Waals surface area contributed by atoms with Crippen LogP contribution in [0, 0.1) is 0 Å². The van der Waals surface area contributed by atoms with Gasteiger partial charge in [-0.1, -0.05) is 15.9 Å². The highest BCUT2D eigenvalue weighted by atomic mass is 79.9. The van der Waals surface area contributed by atoms with Crippen LogP contribution in [0.3, 0.4) is 0 Å². The summed E-state index contributed by atoms with van der Waals surface area (Å²) in [6.45, 7) is 0. The van der Waals surface area contributed by atoms with Crippen molar-refractivity contribution in [3.8, 4) is 0 Å². The van der Waals surface area contributed by atoms with E-state index in [-0.39, 0.29) is 15.1 Å². The first-order valence-corrected chi connectivity index (χ1v) is 6.87. The lowest BCUT2D eigenvalue weighted by molar-refractivity contribution is 0.598. The molecule has 0 aromatic heterocycles. The molecule has 0 aliphatic carbocycles. The lowest BCUT2D eigenvalue weighted by atomic mass is 10.3. The summed E-state index contributed by atoms with van der Waals surface area (Å²) in [6, 6.07) is 2.98. The van der Waals surface area contributed by atoms with Crippen molar-refractivity contribution in [2.75, 3.05) is 5.73 Å². The summed E-state index contributed by atoms with van der Waals surface area (Å²) < 4.78 is 27.5. The number of hydrogen-bond acceptors (Lipinski definition) is 3. The van der Waals surface area contributed by atoms with Gasteiger partial charge in [0.1, 0.15) is 4.90 Å². The van der Waals surface area contributed by atoms with E-state index in [0.717, 1.165) is 0 Å². The van der Waals surface area contributed by atoms with E-state index in [1.54, 1.807) is 0 Å². The molecule has 1 aromatic rings. The van der Waals surface area contributed by atoms with Crippen LogP contribution in [0.25, 0.3) is 0 Å². The van der Waals surface area contributed by atoms with Crippen molar-refractivity contribution in [1.29, 1.82) is 0 Å². The van der Waals surface area contributed by atoms with Gasteiger partial charge >= 0.3 is 0 Å². The number of sulfonamides is 1. The number of nitrogen functional groups attached to an aromatic ring is 1. The van der Waals surface area contributed by atoms with Gasteiger partial charge in [0.15, 0.2) is 0 Å². The maximum absolute atomic E-state index is 11.7. The van der Waals surface area contributed by atoms with Gasteiger partial charge in [-0.2, -0.15) is 8.42 Å². The number of anilines is 1. The Morgan fingerprint density at radius 2 is 1.81 bits per heavy atom. The molecule has 6 nitrogen and oxygen atoms in total. The fourth-order valence-electron chi connectivity index (χ4n) is 1.04. The smallest absolute Gasteiger partial charge is 0.288 e. The molecular formula is C7H8Br2N4O2S. The van der Waals surface area contributed by atoms with E-state index < -0.39 is 16.0 Å². The predicted molar refractivity (Wildman–Crippen MR) is 69.2 cm³/mol. The maximum atomic E-state index is 11.7. The number of nitrogens with two attached hydrogens (primary N) is 3. The molecule has 1 aromatic carbocycles. The highest BCUT2D eigenvalue weighted by Crippen LogP contribution is 2.32. The van der Waals surface area contributed by atoms with Gasteiger partial charge in [0.2, 0.25) is 5.96 Å². The van der Waals surface area contributed by atoms with Crippen molar-refractivity contribution in [2.24, 2.45) is 15.9 Å². The molecule has 0 fully saturated rings. The van der Waals surface area contributed by atoms with Crippen molar-refractivity contribution in [3.05, 3.63) is 21.1 Å². The van der Waals surface area contributed by atoms with E-state index in [9.17, 15) is 8.42 Å². The van der Waals surface area contributed by atoms with E-state index in [1.165, 1.54) is 12.1 Å². The van der Waals surface area contributed by atoms with Crippen LogP contribution in [0.2, 0.25) is 0 Å². The van der Waals surface area contributed by atoms with E-state index in [2.05, 4.69) is 36.3 Å². The second-order valence-corrected chi connectivity index (χ2v) is 6.11. The fourth-order valence-corrected chi connectivity index (χ4v) is 3.94. The molecule has 1 rings (SSSR count). The molecular weight excluding hydrogens is 364 g/mol. The second kappa shape index (κ2) is 4.60. The van der Waals surface area contributed by atoms with Gasteiger partial charge in [-0.05, 0) is 28.1 Å². The number of hydrogen-bond donors (Lipinski definition) is 3. The fraction of sp³-hybridized carbons (Fsp3) is 0. The summed E-state index contributed by atoms with van der Waals surface area (Å²) in [5.74, 6) is -0.547. The Balaban J connectivity index is 3.52. The predicted octanol–water partition coefficient (Wildman–Crippen LogP) is 0.756. The summed E-state index contributed by atoms with van der Waals surface area (Å²) >= 11 is 6.26. The molecule has 0 saturated carbocycles. The normalized spacial score (nSPS) is 11.1. The average Bonchev–Trinajstić information content (AvgIpc) is 1.96. The Labute approximate surface area is 109 Å². The molecule has 0 atom stereocenters. The molecule has 0 bridgehead atoms. The molecule has 0 radical (unpaired) electrons. The zero-order chi connectivity index (χ0) is 12.5. The monoisotopic (exact) mass is 370 g/mol. The number of halogens is 2. The Hall–Kier alpha value is -0.800. The van der Waals surface area contributed by atoms with Crippen LogP contribution in [0.4, 0.5) is 5.69 Å². The summed E-state index contributed by atoms with van der Waals surface area (Å²) in [4.78, 5) is -0.163. The van der Waals surface area contributed by atoms with E-state index in [4.69, 9.17) is 17.2 Å². The quantitative estimate of drug-likeness (QED) is 0.402. The topological polar surface area (TPSA) is 125 Å². The first-order valence-electron chi connectivity index (χ1n) is 3.84. The molecule has 0 aliphatic rings. The van der Waals surface area contributed by atoms with E-state index >= 15 is 0 Å². The lowest BCUT2D eigenvalue weighted by Crippen LogP contribution is -2.24. The van der Waals surface area contributed by atoms with Crippen molar-refractivity contribution in [2.45, 2.75) is 4.90 Å². The molecule has 16 heavy (non-hydrogen) atoms. The second-order valence-electron chi connectivity index (χ2n) is 2.80. The first-order chi connectivity index (χ1) is 7.24. The Morgan fingerprint density at radius 3 is 2.25 bits per heavy atom. The van der Waals surface area contributed by atoms with Gasteiger partial charge in [-0.25, -0.2) is 0 Å². The van der Waals surface area contributed by atoms with Crippen LogP contribution in [0.1, 0.15) is 0 Å². The zero-order valence-corrected chi connectivity index (χ0v) is 11.8. The molecule has 0 aliphatic heterocycles. The number of benzene rings is 1. The first kappa shape index (κ1) is 13.3. The Kier molecular flexibility index (Phi) is 3.81. The van der Waals surface area contributed by atoms with Crippen molar-refractivity contribution < 1.29 is 8.42 Å². The summed E-state index contributed by atoms with van der Waals surface area (Å²) in [5, 5.41) is 0. The molecule has 0 saturated heterocycles. The van der Waals surface area contributed by atoms with Crippen LogP contribution < -0.4 is 17.2 Å². The number of guanidine groups is 1. The third-order valence-corrected chi connectivity index (χ3v) is 4.29. The van der Waals surface area contributed by atoms with Crippen molar-refractivity contribution >= 4 is 53.5 Å². The largest absolute Gasteiger partial charge is 0.398 e. The molecule has 9 heteroatoms. The highest BCUT2D eigenvalue weighted by molar-refractivity contribution is 9.11. The third-order valence-electron chi connectivity index (χ3n) is 1.52. The number of rotatable bonds is 2. The van der Waals surface area contributed by atoms with Crippen LogP contribution in [0.5, 0.6) is 0 Å². The Morgan fingerprint density at radius 1 is 1.25 bits per heavy atom. The van der Waals surface area contributed by atoms with Gasteiger partial charge in [0.05, 0.1) is 5.69 Å².